The predicted molar refractivity (Wildman–Crippen MR) is 62.4 cm³/mol. The molecule has 0 saturated carbocycles. The number of non-ortho nitro benzene ring substituents is 1. The quantitative estimate of drug-likeness (QED) is 0.500. The standard InChI is InChI=1S/C9H7IN2O2/c1-5-9(10)8-6(11-5)3-2-4-7(8)12(13)14/h2-4,11H,1H3. The first-order chi connectivity index (χ1) is 6.61. The first kappa shape index (κ1) is 9.45. The van der Waals surface area contributed by atoms with E-state index >= 15 is 0 Å². The van der Waals surface area contributed by atoms with Gasteiger partial charge >= 0.3 is 0 Å². The van der Waals surface area contributed by atoms with Crippen LogP contribution in [0.3, 0.4) is 0 Å². The highest BCUT2D eigenvalue weighted by molar-refractivity contribution is 14.1. The van der Waals surface area contributed by atoms with E-state index in [9.17, 15) is 10.1 Å². The monoisotopic (exact) mass is 302 g/mol. The molecule has 1 aromatic heterocycles. The predicted octanol–water partition coefficient (Wildman–Crippen LogP) is 2.99. The van der Waals surface area contributed by atoms with Crippen molar-refractivity contribution in [3.8, 4) is 0 Å². The van der Waals surface area contributed by atoms with E-state index in [1.165, 1.54) is 6.07 Å². The Balaban J connectivity index is 2.91. The second-order valence-corrected chi connectivity index (χ2v) is 4.10. The van der Waals surface area contributed by atoms with Gasteiger partial charge in [-0.2, -0.15) is 0 Å². The highest BCUT2D eigenvalue weighted by atomic mass is 127. The maximum absolute atomic E-state index is 10.8. The minimum Gasteiger partial charge on any atom is -0.358 e. The van der Waals surface area contributed by atoms with Gasteiger partial charge in [-0.25, -0.2) is 0 Å². The second kappa shape index (κ2) is 3.23. The molecule has 0 unspecified atom stereocenters. The molecule has 2 aromatic rings. The third-order valence-electron chi connectivity index (χ3n) is 2.11. The summed E-state index contributed by atoms with van der Waals surface area (Å²) >= 11 is 2.12. The minimum atomic E-state index is -0.349. The zero-order valence-corrected chi connectivity index (χ0v) is 9.53. The van der Waals surface area contributed by atoms with Gasteiger partial charge in [0.2, 0.25) is 0 Å². The van der Waals surface area contributed by atoms with Crippen LogP contribution in [0.15, 0.2) is 18.2 Å². The average Bonchev–Trinajstić information content (AvgIpc) is 2.43. The van der Waals surface area contributed by atoms with Crippen LogP contribution in [0.4, 0.5) is 5.69 Å². The van der Waals surface area contributed by atoms with E-state index in [1.54, 1.807) is 6.07 Å². The van der Waals surface area contributed by atoms with Crippen molar-refractivity contribution in [1.29, 1.82) is 0 Å². The van der Waals surface area contributed by atoms with Gasteiger partial charge in [0.15, 0.2) is 0 Å². The van der Waals surface area contributed by atoms with Crippen molar-refractivity contribution < 1.29 is 4.92 Å². The van der Waals surface area contributed by atoms with Crippen molar-refractivity contribution >= 4 is 39.2 Å². The number of rotatable bonds is 1. The maximum atomic E-state index is 10.8. The molecular formula is C9H7IN2O2. The highest BCUT2D eigenvalue weighted by Gasteiger charge is 2.16. The molecule has 0 aliphatic carbocycles. The van der Waals surface area contributed by atoms with Crippen LogP contribution in [0, 0.1) is 20.6 Å². The van der Waals surface area contributed by atoms with Crippen molar-refractivity contribution in [1.82, 2.24) is 4.98 Å². The molecule has 0 radical (unpaired) electrons. The number of hydrogen-bond acceptors (Lipinski definition) is 2. The molecule has 1 heterocycles. The van der Waals surface area contributed by atoms with Crippen molar-refractivity contribution in [3.63, 3.8) is 0 Å². The molecule has 2 rings (SSSR count). The maximum Gasteiger partial charge on any atom is 0.279 e. The zero-order chi connectivity index (χ0) is 10.3. The van der Waals surface area contributed by atoms with Gasteiger partial charge in [-0.1, -0.05) is 6.07 Å². The molecule has 1 N–H and O–H groups in total. The van der Waals surface area contributed by atoms with E-state index in [4.69, 9.17) is 0 Å². The Morgan fingerprint density at radius 3 is 2.86 bits per heavy atom. The van der Waals surface area contributed by atoms with Crippen molar-refractivity contribution in [2.45, 2.75) is 6.92 Å². The molecule has 0 aliphatic rings. The third kappa shape index (κ3) is 1.28. The van der Waals surface area contributed by atoms with Gasteiger partial charge in [0.05, 0.1) is 15.8 Å². The summed E-state index contributed by atoms with van der Waals surface area (Å²) < 4.78 is 0.921. The summed E-state index contributed by atoms with van der Waals surface area (Å²) in [5.74, 6) is 0. The number of aryl methyl sites for hydroxylation is 1. The number of nitro benzene ring substituents is 1. The molecule has 0 fully saturated rings. The number of aromatic amines is 1. The van der Waals surface area contributed by atoms with E-state index in [2.05, 4.69) is 27.6 Å². The Hall–Kier alpha value is -1.11. The smallest absolute Gasteiger partial charge is 0.279 e. The van der Waals surface area contributed by atoms with Gasteiger partial charge < -0.3 is 4.98 Å². The van der Waals surface area contributed by atoms with Crippen molar-refractivity contribution in [2.75, 3.05) is 0 Å². The summed E-state index contributed by atoms with van der Waals surface area (Å²) in [5.41, 5.74) is 1.95. The van der Waals surface area contributed by atoms with Gasteiger partial charge in [0.1, 0.15) is 0 Å². The Bertz CT molecular complexity index is 519. The number of nitrogens with zero attached hydrogens (tertiary/aromatic N) is 1. The molecular weight excluding hydrogens is 295 g/mol. The number of benzene rings is 1. The number of fused-ring (bicyclic) bond motifs is 1. The third-order valence-corrected chi connectivity index (χ3v) is 3.46. The molecule has 5 heteroatoms. The van der Waals surface area contributed by atoms with Crippen LogP contribution in [0.1, 0.15) is 5.69 Å². The molecule has 0 bridgehead atoms. The normalized spacial score (nSPS) is 10.7. The Morgan fingerprint density at radius 1 is 1.50 bits per heavy atom. The zero-order valence-electron chi connectivity index (χ0n) is 7.37. The number of aromatic nitrogens is 1. The first-order valence-electron chi connectivity index (χ1n) is 4.02. The van der Waals surface area contributed by atoms with Crippen LogP contribution in [0.25, 0.3) is 10.9 Å². The fourth-order valence-electron chi connectivity index (χ4n) is 1.47. The van der Waals surface area contributed by atoms with Crippen LogP contribution in [-0.4, -0.2) is 9.91 Å². The van der Waals surface area contributed by atoms with Crippen LogP contribution in [-0.2, 0) is 0 Å². The molecule has 72 valence electrons. The Kier molecular flexibility index (Phi) is 2.18. The molecule has 14 heavy (non-hydrogen) atoms. The van der Waals surface area contributed by atoms with E-state index in [-0.39, 0.29) is 10.6 Å². The van der Waals surface area contributed by atoms with E-state index in [1.807, 2.05) is 13.0 Å². The summed E-state index contributed by atoms with van der Waals surface area (Å²) in [6.45, 7) is 1.91. The Labute approximate surface area is 93.6 Å². The van der Waals surface area contributed by atoms with Crippen molar-refractivity contribution in [3.05, 3.63) is 37.6 Å². The van der Waals surface area contributed by atoms with Gasteiger partial charge in [-0.15, -0.1) is 0 Å². The SMILES string of the molecule is Cc1[nH]c2cccc([N+](=O)[O-])c2c1I. The lowest BCUT2D eigenvalue weighted by atomic mass is 10.2. The topological polar surface area (TPSA) is 58.9 Å². The van der Waals surface area contributed by atoms with E-state index < -0.39 is 0 Å². The minimum absolute atomic E-state index is 0.163. The Morgan fingerprint density at radius 2 is 2.21 bits per heavy atom. The van der Waals surface area contributed by atoms with Crippen LogP contribution in [0.5, 0.6) is 0 Å². The lowest BCUT2D eigenvalue weighted by molar-refractivity contribution is -0.383. The molecule has 0 amide bonds. The van der Waals surface area contributed by atoms with Crippen molar-refractivity contribution in [2.24, 2.45) is 0 Å². The van der Waals surface area contributed by atoms with Crippen LogP contribution in [0.2, 0.25) is 0 Å². The van der Waals surface area contributed by atoms with Gasteiger partial charge in [0.25, 0.3) is 5.69 Å². The summed E-state index contributed by atoms with van der Waals surface area (Å²) in [6.07, 6.45) is 0. The number of halogens is 1. The largest absolute Gasteiger partial charge is 0.358 e. The molecule has 0 saturated heterocycles. The fourth-order valence-corrected chi connectivity index (χ4v) is 2.17. The lowest BCUT2D eigenvalue weighted by Gasteiger charge is -1.93. The van der Waals surface area contributed by atoms with Gasteiger partial charge in [-0.05, 0) is 35.6 Å². The molecule has 0 atom stereocenters. The van der Waals surface area contributed by atoms with Gasteiger partial charge in [0, 0.05) is 15.3 Å². The second-order valence-electron chi connectivity index (χ2n) is 3.02. The number of H-pyrrole nitrogens is 1. The summed E-state index contributed by atoms with van der Waals surface area (Å²) in [4.78, 5) is 13.5. The average molecular weight is 302 g/mol. The van der Waals surface area contributed by atoms with E-state index in [0.29, 0.717) is 5.39 Å². The van der Waals surface area contributed by atoms with E-state index in [0.717, 1.165) is 14.8 Å². The molecule has 0 aliphatic heterocycles. The molecule has 0 spiro atoms. The first-order valence-corrected chi connectivity index (χ1v) is 5.10. The number of nitrogens with one attached hydrogen (secondary N) is 1. The van der Waals surface area contributed by atoms with Crippen LogP contribution >= 0.6 is 22.6 Å². The van der Waals surface area contributed by atoms with Gasteiger partial charge in [-0.3, -0.25) is 10.1 Å². The molecule has 1 aromatic carbocycles. The lowest BCUT2D eigenvalue weighted by Crippen LogP contribution is -1.88. The number of hydrogen-bond donors (Lipinski definition) is 1. The summed E-state index contributed by atoms with van der Waals surface area (Å²) in [7, 11) is 0. The summed E-state index contributed by atoms with van der Waals surface area (Å²) in [5, 5.41) is 11.5. The highest BCUT2D eigenvalue weighted by Crippen LogP contribution is 2.31. The number of nitro groups is 1. The molecule has 4 nitrogen and oxygen atoms in total. The fraction of sp³-hybridized carbons (Fsp3) is 0.111. The van der Waals surface area contributed by atoms with Crippen LogP contribution < -0.4 is 0 Å². The summed E-state index contributed by atoms with van der Waals surface area (Å²) in [6, 6.07) is 5.06.